The summed E-state index contributed by atoms with van der Waals surface area (Å²) in [5.74, 6) is -0.190. The van der Waals surface area contributed by atoms with Crippen molar-refractivity contribution in [1.82, 2.24) is 21.1 Å². The van der Waals surface area contributed by atoms with Crippen LogP contribution in [-0.4, -0.2) is 43.1 Å². The largest absolute Gasteiger partial charge is 0.361 e. The SMILES string of the molecule is Cc1ccc(C(=O)NNC(=S)NCCCN(C)C)c(C)c1. The molecule has 0 aliphatic heterocycles. The van der Waals surface area contributed by atoms with Crippen LogP contribution in [0.1, 0.15) is 27.9 Å². The standard InChI is InChI=1S/C15H24N4OS/c1-11-6-7-13(12(2)10-11)14(20)17-18-15(21)16-8-5-9-19(3)4/h6-7,10H,5,8-9H2,1-4H3,(H,17,20)(H2,16,18,21). The Bertz CT molecular complexity index is 502. The molecule has 0 aliphatic carbocycles. The number of aryl methyl sites for hydroxylation is 2. The summed E-state index contributed by atoms with van der Waals surface area (Å²) in [5, 5.41) is 3.47. The number of amides is 1. The normalized spacial score (nSPS) is 10.3. The lowest BCUT2D eigenvalue weighted by Crippen LogP contribution is -2.47. The summed E-state index contributed by atoms with van der Waals surface area (Å²) in [6.07, 6.45) is 0.986. The lowest BCUT2D eigenvalue weighted by Gasteiger charge is -2.14. The maximum Gasteiger partial charge on any atom is 0.269 e. The average Bonchev–Trinajstić information content (AvgIpc) is 2.40. The van der Waals surface area contributed by atoms with Crippen molar-refractivity contribution in [1.29, 1.82) is 0 Å². The van der Waals surface area contributed by atoms with E-state index in [1.54, 1.807) is 0 Å². The molecule has 0 heterocycles. The van der Waals surface area contributed by atoms with E-state index in [0.717, 1.165) is 30.6 Å². The Morgan fingerprint density at radius 3 is 2.57 bits per heavy atom. The Morgan fingerprint density at radius 1 is 1.24 bits per heavy atom. The van der Waals surface area contributed by atoms with Gasteiger partial charge in [0, 0.05) is 12.1 Å². The highest BCUT2D eigenvalue weighted by molar-refractivity contribution is 7.80. The first-order valence-corrected chi connectivity index (χ1v) is 7.37. The van der Waals surface area contributed by atoms with Crippen LogP contribution in [-0.2, 0) is 0 Å². The quantitative estimate of drug-likeness (QED) is 0.436. The third kappa shape index (κ3) is 6.55. The summed E-state index contributed by atoms with van der Waals surface area (Å²) in [6, 6.07) is 5.71. The molecule has 0 aromatic heterocycles. The van der Waals surface area contributed by atoms with E-state index in [1.165, 1.54) is 0 Å². The fraction of sp³-hybridized carbons (Fsp3) is 0.467. The molecule has 116 valence electrons. The van der Waals surface area contributed by atoms with Gasteiger partial charge in [0.05, 0.1) is 0 Å². The molecule has 1 aromatic carbocycles. The Hall–Kier alpha value is -1.66. The molecule has 3 N–H and O–H groups in total. The van der Waals surface area contributed by atoms with Gasteiger partial charge in [0.1, 0.15) is 0 Å². The highest BCUT2D eigenvalue weighted by atomic mass is 32.1. The minimum absolute atomic E-state index is 0.190. The first-order chi connectivity index (χ1) is 9.90. The van der Waals surface area contributed by atoms with Crippen molar-refractivity contribution >= 4 is 23.2 Å². The van der Waals surface area contributed by atoms with Crippen LogP contribution in [0.2, 0.25) is 0 Å². The lowest BCUT2D eigenvalue weighted by atomic mass is 10.1. The highest BCUT2D eigenvalue weighted by Gasteiger charge is 2.08. The molecule has 0 saturated carbocycles. The molecule has 1 aromatic rings. The average molecular weight is 308 g/mol. The van der Waals surface area contributed by atoms with Crippen molar-refractivity contribution < 1.29 is 4.79 Å². The third-order valence-corrected chi connectivity index (χ3v) is 3.23. The zero-order valence-electron chi connectivity index (χ0n) is 13.1. The predicted octanol–water partition coefficient (Wildman–Crippen LogP) is 1.36. The van der Waals surface area contributed by atoms with E-state index >= 15 is 0 Å². The Morgan fingerprint density at radius 2 is 1.95 bits per heavy atom. The van der Waals surface area contributed by atoms with Gasteiger partial charge in [-0.2, -0.15) is 0 Å². The van der Waals surface area contributed by atoms with Crippen LogP contribution in [0.3, 0.4) is 0 Å². The third-order valence-electron chi connectivity index (χ3n) is 2.98. The molecule has 0 bridgehead atoms. The summed E-state index contributed by atoms with van der Waals surface area (Å²) in [6.45, 7) is 5.67. The van der Waals surface area contributed by atoms with E-state index < -0.39 is 0 Å². The van der Waals surface area contributed by atoms with E-state index in [9.17, 15) is 4.79 Å². The van der Waals surface area contributed by atoms with Gasteiger partial charge in [0.25, 0.3) is 5.91 Å². The maximum atomic E-state index is 12.0. The Balaban J connectivity index is 2.34. The molecule has 0 unspecified atom stereocenters. The minimum Gasteiger partial charge on any atom is -0.361 e. The van der Waals surface area contributed by atoms with Gasteiger partial charge in [0.15, 0.2) is 5.11 Å². The predicted molar refractivity (Wildman–Crippen MR) is 90.3 cm³/mol. The number of nitrogens with one attached hydrogen (secondary N) is 3. The first kappa shape index (κ1) is 17.4. The molecule has 0 atom stereocenters. The summed E-state index contributed by atoms with van der Waals surface area (Å²) >= 11 is 5.10. The van der Waals surface area contributed by atoms with Gasteiger partial charge in [0.2, 0.25) is 0 Å². The Kier molecular flexibility index (Phi) is 7.11. The summed E-state index contributed by atoms with van der Waals surface area (Å²) < 4.78 is 0. The van der Waals surface area contributed by atoms with Crippen LogP contribution in [0.15, 0.2) is 18.2 Å². The molecular formula is C15H24N4OS. The molecular weight excluding hydrogens is 284 g/mol. The van der Waals surface area contributed by atoms with E-state index in [4.69, 9.17) is 12.2 Å². The van der Waals surface area contributed by atoms with Crippen molar-refractivity contribution in [3.05, 3.63) is 34.9 Å². The molecule has 0 spiro atoms. The number of benzene rings is 1. The topological polar surface area (TPSA) is 56.4 Å². The lowest BCUT2D eigenvalue weighted by molar-refractivity contribution is 0.0943. The van der Waals surface area contributed by atoms with Crippen LogP contribution in [0.5, 0.6) is 0 Å². The van der Waals surface area contributed by atoms with Gasteiger partial charge < -0.3 is 10.2 Å². The molecule has 0 aliphatic rings. The number of hydrogen-bond acceptors (Lipinski definition) is 3. The van der Waals surface area contributed by atoms with E-state index in [2.05, 4.69) is 21.1 Å². The monoisotopic (exact) mass is 308 g/mol. The van der Waals surface area contributed by atoms with Crippen LogP contribution in [0.25, 0.3) is 0 Å². The number of thiocarbonyl (C=S) groups is 1. The van der Waals surface area contributed by atoms with Crippen LogP contribution < -0.4 is 16.2 Å². The van der Waals surface area contributed by atoms with Gasteiger partial charge in [-0.25, -0.2) is 0 Å². The Labute approximate surface area is 132 Å². The number of hydrogen-bond donors (Lipinski definition) is 3. The molecule has 5 nitrogen and oxygen atoms in total. The van der Waals surface area contributed by atoms with E-state index in [-0.39, 0.29) is 5.91 Å². The second-order valence-electron chi connectivity index (χ2n) is 5.31. The van der Waals surface area contributed by atoms with Gasteiger partial charge in [-0.15, -0.1) is 0 Å². The molecule has 21 heavy (non-hydrogen) atoms. The van der Waals surface area contributed by atoms with Gasteiger partial charge in [-0.1, -0.05) is 17.7 Å². The number of carbonyl (C=O) groups excluding carboxylic acids is 1. The maximum absolute atomic E-state index is 12.0. The molecule has 6 heteroatoms. The van der Waals surface area contributed by atoms with Gasteiger partial charge >= 0.3 is 0 Å². The smallest absolute Gasteiger partial charge is 0.269 e. The second-order valence-corrected chi connectivity index (χ2v) is 5.72. The van der Waals surface area contributed by atoms with Crippen molar-refractivity contribution in [2.45, 2.75) is 20.3 Å². The fourth-order valence-electron chi connectivity index (χ4n) is 1.89. The molecule has 1 rings (SSSR count). The number of hydrazine groups is 1. The fourth-order valence-corrected chi connectivity index (χ4v) is 2.04. The molecule has 0 fully saturated rings. The van der Waals surface area contributed by atoms with Crippen molar-refractivity contribution in [3.63, 3.8) is 0 Å². The second kappa shape index (κ2) is 8.59. The zero-order chi connectivity index (χ0) is 15.8. The summed E-state index contributed by atoms with van der Waals surface area (Å²) in [4.78, 5) is 14.1. The van der Waals surface area contributed by atoms with Crippen molar-refractivity contribution in [3.8, 4) is 0 Å². The van der Waals surface area contributed by atoms with E-state index in [1.807, 2.05) is 46.1 Å². The molecule has 0 radical (unpaired) electrons. The molecule has 1 amide bonds. The van der Waals surface area contributed by atoms with Crippen LogP contribution >= 0.6 is 12.2 Å². The van der Waals surface area contributed by atoms with E-state index in [0.29, 0.717) is 10.7 Å². The van der Waals surface area contributed by atoms with Crippen molar-refractivity contribution in [2.75, 3.05) is 27.2 Å². The molecule has 0 saturated heterocycles. The van der Waals surface area contributed by atoms with Crippen LogP contribution in [0.4, 0.5) is 0 Å². The van der Waals surface area contributed by atoms with Gasteiger partial charge in [-0.3, -0.25) is 15.6 Å². The number of carbonyl (C=O) groups is 1. The summed E-state index contributed by atoms with van der Waals surface area (Å²) in [7, 11) is 4.06. The summed E-state index contributed by atoms with van der Waals surface area (Å²) in [5.41, 5.74) is 8.04. The minimum atomic E-state index is -0.190. The number of nitrogens with zero attached hydrogens (tertiary/aromatic N) is 1. The van der Waals surface area contributed by atoms with Crippen molar-refractivity contribution in [2.24, 2.45) is 0 Å². The highest BCUT2D eigenvalue weighted by Crippen LogP contribution is 2.09. The zero-order valence-corrected chi connectivity index (χ0v) is 13.9. The number of rotatable bonds is 5. The van der Waals surface area contributed by atoms with Gasteiger partial charge in [-0.05, 0) is 64.8 Å². The van der Waals surface area contributed by atoms with Crippen LogP contribution in [0, 0.1) is 13.8 Å². The first-order valence-electron chi connectivity index (χ1n) is 6.96.